The second-order valence-corrected chi connectivity index (χ2v) is 2.57. The molecule has 1 aromatic carbocycles. The van der Waals surface area contributed by atoms with Crippen LogP contribution in [-0.4, -0.2) is 16.2 Å². The van der Waals surface area contributed by atoms with Gasteiger partial charge in [0.25, 0.3) is 0 Å². The van der Waals surface area contributed by atoms with Crippen LogP contribution < -0.4 is 5.73 Å². The van der Waals surface area contributed by atoms with Crippen molar-refractivity contribution in [3.05, 3.63) is 23.5 Å². The highest BCUT2D eigenvalue weighted by molar-refractivity contribution is 5.85. The molecule has 0 bridgehead atoms. The van der Waals surface area contributed by atoms with Gasteiger partial charge >= 0.3 is 5.97 Å². The third-order valence-electron chi connectivity index (χ3n) is 1.52. The molecule has 0 spiro atoms. The van der Waals surface area contributed by atoms with E-state index >= 15 is 0 Å². The van der Waals surface area contributed by atoms with Gasteiger partial charge in [-0.2, -0.15) is 0 Å². The van der Waals surface area contributed by atoms with Gasteiger partial charge in [-0.3, -0.25) is 4.79 Å². The Balaban J connectivity index is 0.00000169. The number of anilines is 1. The predicted molar refractivity (Wildman–Crippen MR) is 51.1 cm³/mol. The summed E-state index contributed by atoms with van der Waals surface area (Å²) >= 11 is 0. The molecular weight excluding hydrogens is 213 g/mol. The van der Waals surface area contributed by atoms with Crippen LogP contribution in [0.3, 0.4) is 0 Å². The summed E-state index contributed by atoms with van der Waals surface area (Å²) in [5.74, 6) is -2.18. The number of carboxylic acid groups (broad SMARTS) is 1. The molecule has 0 atom stereocenters. The lowest BCUT2D eigenvalue weighted by atomic mass is 10.1. The first kappa shape index (κ1) is 12.5. The summed E-state index contributed by atoms with van der Waals surface area (Å²) in [6.07, 6.45) is -0.451. The molecule has 0 aromatic heterocycles. The van der Waals surface area contributed by atoms with Crippen LogP contribution in [0, 0.1) is 5.82 Å². The highest BCUT2D eigenvalue weighted by Gasteiger charge is 2.10. The van der Waals surface area contributed by atoms with Crippen molar-refractivity contribution in [2.75, 3.05) is 5.73 Å². The SMILES string of the molecule is Cl.Nc1cc(F)cc(CC(=O)O)c1O. The van der Waals surface area contributed by atoms with E-state index in [1.807, 2.05) is 0 Å². The number of aliphatic carboxylic acids is 1. The average Bonchev–Trinajstić information content (AvgIpc) is 1.98. The Bertz CT molecular complexity index is 357. The highest BCUT2D eigenvalue weighted by Crippen LogP contribution is 2.26. The quantitative estimate of drug-likeness (QED) is 0.517. The molecule has 0 unspecified atom stereocenters. The van der Waals surface area contributed by atoms with E-state index in [-0.39, 0.29) is 29.4 Å². The summed E-state index contributed by atoms with van der Waals surface area (Å²) in [5.41, 5.74) is 5.03. The van der Waals surface area contributed by atoms with Gasteiger partial charge in [0.05, 0.1) is 12.1 Å². The van der Waals surface area contributed by atoms with Crippen LogP contribution in [0.5, 0.6) is 5.75 Å². The summed E-state index contributed by atoms with van der Waals surface area (Å²) in [6, 6.07) is 1.88. The number of benzene rings is 1. The van der Waals surface area contributed by atoms with Crippen LogP contribution >= 0.6 is 12.4 Å². The first-order chi connectivity index (χ1) is 6.00. The molecule has 0 radical (unpaired) electrons. The minimum absolute atomic E-state index is 0. The number of nitrogens with two attached hydrogens (primary N) is 1. The number of hydrogen-bond acceptors (Lipinski definition) is 3. The zero-order valence-corrected chi connectivity index (χ0v) is 7.84. The van der Waals surface area contributed by atoms with Gasteiger partial charge in [0.1, 0.15) is 11.6 Å². The minimum Gasteiger partial charge on any atom is -0.505 e. The molecule has 4 nitrogen and oxygen atoms in total. The van der Waals surface area contributed by atoms with Gasteiger partial charge in [0.15, 0.2) is 0 Å². The molecule has 78 valence electrons. The number of phenolic OH excluding ortho intramolecular Hbond substituents is 1. The lowest BCUT2D eigenvalue weighted by Gasteiger charge is -2.04. The first-order valence-electron chi connectivity index (χ1n) is 3.49. The summed E-state index contributed by atoms with van der Waals surface area (Å²) < 4.78 is 12.7. The molecule has 0 aliphatic rings. The topological polar surface area (TPSA) is 83.6 Å². The maximum absolute atomic E-state index is 12.7. The van der Waals surface area contributed by atoms with Gasteiger partial charge in [-0.15, -0.1) is 12.4 Å². The monoisotopic (exact) mass is 221 g/mol. The van der Waals surface area contributed by atoms with Crippen LogP contribution in [-0.2, 0) is 11.2 Å². The number of carbonyl (C=O) groups is 1. The Morgan fingerprint density at radius 3 is 2.57 bits per heavy atom. The molecule has 0 fully saturated rings. The molecule has 0 aliphatic heterocycles. The smallest absolute Gasteiger partial charge is 0.307 e. The van der Waals surface area contributed by atoms with Crippen molar-refractivity contribution in [3.8, 4) is 5.75 Å². The summed E-state index contributed by atoms with van der Waals surface area (Å²) in [6.45, 7) is 0. The zero-order chi connectivity index (χ0) is 10.0. The third kappa shape index (κ3) is 2.77. The number of phenols is 1. The number of carboxylic acids is 1. The maximum atomic E-state index is 12.7. The van der Waals surface area contributed by atoms with Gasteiger partial charge in [-0.05, 0) is 6.07 Å². The Morgan fingerprint density at radius 1 is 1.50 bits per heavy atom. The molecule has 1 aromatic rings. The number of aromatic hydroxyl groups is 1. The van der Waals surface area contributed by atoms with E-state index < -0.39 is 18.2 Å². The Labute approximate surface area is 85.6 Å². The van der Waals surface area contributed by atoms with Crippen molar-refractivity contribution >= 4 is 24.1 Å². The molecule has 0 saturated heterocycles. The fourth-order valence-electron chi connectivity index (χ4n) is 0.976. The van der Waals surface area contributed by atoms with Gasteiger partial charge in [0.2, 0.25) is 0 Å². The molecule has 0 saturated carbocycles. The number of rotatable bonds is 2. The largest absolute Gasteiger partial charge is 0.505 e. The number of nitrogen functional groups attached to an aromatic ring is 1. The molecule has 6 heteroatoms. The van der Waals surface area contributed by atoms with Gasteiger partial charge in [0, 0.05) is 11.6 Å². The van der Waals surface area contributed by atoms with Crippen LogP contribution in [0.4, 0.5) is 10.1 Å². The summed E-state index contributed by atoms with van der Waals surface area (Å²) in [7, 11) is 0. The van der Waals surface area contributed by atoms with E-state index in [4.69, 9.17) is 10.8 Å². The van der Waals surface area contributed by atoms with E-state index in [1.54, 1.807) is 0 Å². The Morgan fingerprint density at radius 2 is 2.07 bits per heavy atom. The second-order valence-electron chi connectivity index (χ2n) is 2.57. The minimum atomic E-state index is -1.15. The molecule has 1 rings (SSSR count). The molecule has 0 amide bonds. The average molecular weight is 222 g/mol. The van der Waals surface area contributed by atoms with Crippen LogP contribution in [0.2, 0.25) is 0 Å². The molecule has 0 heterocycles. The molecule has 0 aliphatic carbocycles. The Hall–Kier alpha value is -1.49. The zero-order valence-electron chi connectivity index (χ0n) is 7.03. The summed E-state index contributed by atoms with van der Waals surface area (Å²) in [4.78, 5) is 10.3. The van der Waals surface area contributed by atoms with E-state index in [0.29, 0.717) is 0 Å². The van der Waals surface area contributed by atoms with E-state index in [1.165, 1.54) is 0 Å². The Kier molecular flexibility index (Phi) is 4.17. The number of halogens is 2. The fraction of sp³-hybridized carbons (Fsp3) is 0.125. The van der Waals surface area contributed by atoms with E-state index in [2.05, 4.69) is 0 Å². The van der Waals surface area contributed by atoms with Crippen LogP contribution in [0.15, 0.2) is 12.1 Å². The van der Waals surface area contributed by atoms with Gasteiger partial charge in [-0.1, -0.05) is 0 Å². The van der Waals surface area contributed by atoms with E-state index in [0.717, 1.165) is 12.1 Å². The summed E-state index contributed by atoms with van der Waals surface area (Å²) in [5, 5.41) is 17.6. The van der Waals surface area contributed by atoms with Crippen LogP contribution in [0.25, 0.3) is 0 Å². The lowest BCUT2D eigenvalue weighted by molar-refractivity contribution is -0.136. The standard InChI is InChI=1S/C8H8FNO3.ClH/c9-5-1-4(2-7(11)12)8(13)6(10)3-5;/h1,3,13H,2,10H2,(H,11,12);1H. The lowest BCUT2D eigenvalue weighted by Crippen LogP contribution is -2.02. The molecular formula is C8H9ClFNO3. The van der Waals surface area contributed by atoms with Crippen molar-refractivity contribution in [1.82, 2.24) is 0 Å². The van der Waals surface area contributed by atoms with Crippen molar-refractivity contribution < 1.29 is 19.4 Å². The number of hydrogen-bond donors (Lipinski definition) is 3. The fourth-order valence-corrected chi connectivity index (χ4v) is 0.976. The predicted octanol–water partition coefficient (Wildman–Crippen LogP) is 1.16. The van der Waals surface area contributed by atoms with Crippen molar-refractivity contribution in [1.29, 1.82) is 0 Å². The third-order valence-corrected chi connectivity index (χ3v) is 1.52. The van der Waals surface area contributed by atoms with Gasteiger partial charge in [-0.25, -0.2) is 4.39 Å². The highest BCUT2D eigenvalue weighted by atomic mass is 35.5. The van der Waals surface area contributed by atoms with Crippen molar-refractivity contribution in [2.24, 2.45) is 0 Å². The normalized spacial score (nSPS) is 9.21. The first-order valence-corrected chi connectivity index (χ1v) is 3.49. The van der Waals surface area contributed by atoms with Gasteiger partial charge < -0.3 is 15.9 Å². The molecule has 4 N–H and O–H groups in total. The second kappa shape index (κ2) is 4.66. The van der Waals surface area contributed by atoms with Crippen molar-refractivity contribution in [3.63, 3.8) is 0 Å². The van der Waals surface area contributed by atoms with Crippen LogP contribution in [0.1, 0.15) is 5.56 Å². The van der Waals surface area contributed by atoms with E-state index in [9.17, 15) is 14.3 Å². The molecule has 14 heavy (non-hydrogen) atoms. The maximum Gasteiger partial charge on any atom is 0.307 e. The van der Waals surface area contributed by atoms with Crippen molar-refractivity contribution in [2.45, 2.75) is 6.42 Å².